The van der Waals surface area contributed by atoms with Crippen molar-refractivity contribution in [2.24, 2.45) is 0 Å². The first kappa shape index (κ1) is 35.6. The third-order valence-corrected chi connectivity index (χ3v) is 13.2. The minimum absolute atomic E-state index is 0.579. The highest BCUT2D eigenvalue weighted by atomic mass is 16.3. The fourth-order valence-electron chi connectivity index (χ4n) is 10.3. The van der Waals surface area contributed by atoms with Gasteiger partial charge in [-0.05, 0) is 119 Å². The third-order valence-electron chi connectivity index (χ3n) is 13.2. The van der Waals surface area contributed by atoms with E-state index in [0.29, 0.717) is 5.92 Å². The molecular formula is C58H44N2O. The molecule has 3 heteroatoms. The Kier molecular flexibility index (Phi) is 8.59. The molecule has 0 bridgehead atoms. The molecule has 2 heterocycles. The first-order valence-corrected chi connectivity index (χ1v) is 21.8. The molecule has 61 heavy (non-hydrogen) atoms. The number of para-hydroxylation sites is 4. The van der Waals surface area contributed by atoms with Crippen molar-refractivity contribution in [3.05, 3.63) is 206 Å². The Morgan fingerprint density at radius 3 is 1.97 bits per heavy atom. The standard InChI is InChI=1S/C58H44N2O/c1-3-15-40(16-4-1)46-24-13-17-41-18-14-25-52(58(41)46)48-22-8-10-26-53(48)59(44-32-29-39(30-33-44)42-31-35-51-50-23-9-12-28-56(50)61-57(51)37-42)45-34-36-49-47-21-7-11-27-54(47)60(55(49)38-45)43-19-5-2-6-20-43/h2,5-14,17-38,40H,1,3-4,15-16H2. The molecule has 3 nitrogen and oxygen atoms in total. The van der Waals surface area contributed by atoms with Gasteiger partial charge in [0.25, 0.3) is 0 Å². The van der Waals surface area contributed by atoms with Crippen LogP contribution >= 0.6 is 0 Å². The molecule has 0 radical (unpaired) electrons. The first-order chi connectivity index (χ1) is 30.3. The fourth-order valence-corrected chi connectivity index (χ4v) is 10.3. The van der Waals surface area contributed by atoms with Gasteiger partial charge in [0.2, 0.25) is 0 Å². The summed E-state index contributed by atoms with van der Waals surface area (Å²) in [6.07, 6.45) is 6.46. The number of hydrogen-bond acceptors (Lipinski definition) is 2. The Morgan fingerprint density at radius 1 is 0.443 bits per heavy atom. The average molecular weight is 785 g/mol. The smallest absolute Gasteiger partial charge is 0.136 e. The van der Waals surface area contributed by atoms with Crippen LogP contribution in [0.5, 0.6) is 0 Å². The molecule has 1 fully saturated rings. The second-order valence-electron chi connectivity index (χ2n) is 16.7. The average Bonchev–Trinajstić information content (AvgIpc) is 3.87. The molecule has 1 saturated carbocycles. The molecule has 0 amide bonds. The fraction of sp³-hybridized carbons (Fsp3) is 0.103. The van der Waals surface area contributed by atoms with Crippen molar-refractivity contribution < 1.29 is 4.42 Å². The highest BCUT2D eigenvalue weighted by Gasteiger charge is 2.24. The first-order valence-electron chi connectivity index (χ1n) is 21.8. The van der Waals surface area contributed by atoms with E-state index in [-0.39, 0.29) is 0 Å². The van der Waals surface area contributed by atoms with Crippen molar-refractivity contribution in [1.82, 2.24) is 4.57 Å². The number of fused-ring (bicyclic) bond motifs is 7. The summed E-state index contributed by atoms with van der Waals surface area (Å²) in [4.78, 5) is 2.47. The molecule has 9 aromatic carbocycles. The van der Waals surface area contributed by atoms with Crippen molar-refractivity contribution in [1.29, 1.82) is 0 Å². The highest BCUT2D eigenvalue weighted by Crippen LogP contribution is 2.47. The monoisotopic (exact) mass is 784 g/mol. The molecule has 0 N–H and O–H groups in total. The quantitative estimate of drug-likeness (QED) is 0.161. The maximum absolute atomic E-state index is 6.31. The van der Waals surface area contributed by atoms with Crippen molar-refractivity contribution in [3.8, 4) is 27.9 Å². The van der Waals surface area contributed by atoms with Crippen LogP contribution in [-0.2, 0) is 0 Å². The number of benzene rings is 9. The van der Waals surface area contributed by atoms with Crippen molar-refractivity contribution >= 4 is 71.6 Å². The number of furan rings is 1. The zero-order valence-electron chi connectivity index (χ0n) is 34.0. The topological polar surface area (TPSA) is 21.3 Å². The third kappa shape index (κ3) is 6.03. The lowest BCUT2D eigenvalue weighted by Gasteiger charge is -2.29. The lowest BCUT2D eigenvalue weighted by atomic mass is 9.80. The summed E-state index contributed by atoms with van der Waals surface area (Å²) in [7, 11) is 0. The van der Waals surface area contributed by atoms with Crippen LogP contribution in [0.1, 0.15) is 43.6 Å². The van der Waals surface area contributed by atoms with Crippen LogP contribution < -0.4 is 4.90 Å². The van der Waals surface area contributed by atoms with E-state index in [9.17, 15) is 0 Å². The number of anilines is 3. The van der Waals surface area contributed by atoms with Gasteiger partial charge in [-0.3, -0.25) is 0 Å². The summed E-state index contributed by atoms with van der Waals surface area (Å²) in [5.41, 5.74) is 15.0. The van der Waals surface area contributed by atoms with E-state index < -0.39 is 0 Å². The van der Waals surface area contributed by atoms with Crippen LogP contribution in [0.3, 0.4) is 0 Å². The summed E-state index contributed by atoms with van der Waals surface area (Å²) >= 11 is 0. The molecular weight excluding hydrogens is 741 g/mol. The number of aromatic nitrogens is 1. The predicted molar refractivity (Wildman–Crippen MR) is 257 cm³/mol. The predicted octanol–water partition coefficient (Wildman–Crippen LogP) is 16.7. The molecule has 292 valence electrons. The van der Waals surface area contributed by atoms with Gasteiger partial charge >= 0.3 is 0 Å². The zero-order valence-corrected chi connectivity index (χ0v) is 34.0. The number of rotatable bonds is 7. The number of nitrogens with zero attached hydrogens (tertiary/aromatic N) is 2. The van der Waals surface area contributed by atoms with Crippen LogP contribution in [0.25, 0.3) is 82.5 Å². The summed E-state index contributed by atoms with van der Waals surface area (Å²) < 4.78 is 8.73. The molecule has 11 aromatic rings. The SMILES string of the molecule is c1ccc(-n2c3ccccc3c3ccc(N(c4ccc(-c5ccc6c(c5)oc5ccccc56)cc4)c4ccccc4-c4cccc5cccc(C6CCCCC6)c45)cc32)cc1. The summed E-state index contributed by atoms with van der Waals surface area (Å²) in [6.45, 7) is 0. The number of hydrogen-bond donors (Lipinski definition) is 0. The molecule has 0 spiro atoms. The van der Waals surface area contributed by atoms with Gasteiger partial charge in [0.1, 0.15) is 11.2 Å². The zero-order chi connectivity index (χ0) is 40.3. The van der Waals surface area contributed by atoms with Crippen molar-refractivity contribution in [2.45, 2.75) is 38.0 Å². The van der Waals surface area contributed by atoms with E-state index in [0.717, 1.165) is 55.8 Å². The Labute approximate surface area is 355 Å². The van der Waals surface area contributed by atoms with Crippen LogP contribution in [0.15, 0.2) is 205 Å². The van der Waals surface area contributed by atoms with Crippen LogP contribution in [0.4, 0.5) is 17.1 Å². The molecule has 1 aliphatic carbocycles. The van der Waals surface area contributed by atoms with E-state index in [1.165, 1.54) is 81.4 Å². The summed E-state index contributed by atoms with van der Waals surface area (Å²) in [5, 5.41) is 7.47. The van der Waals surface area contributed by atoms with E-state index in [1.54, 1.807) is 0 Å². The van der Waals surface area contributed by atoms with Gasteiger partial charge in [-0.2, -0.15) is 0 Å². The Hall–Kier alpha value is -7.36. The van der Waals surface area contributed by atoms with E-state index >= 15 is 0 Å². The van der Waals surface area contributed by atoms with Gasteiger partial charge in [-0.1, -0.05) is 153 Å². The van der Waals surface area contributed by atoms with Crippen LogP contribution in [0, 0.1) is 0 Å². The molecule has 0 aliphatic heterocycles. The van der Waals surface area contributed by atoms with Gasteiger partial charge in [0.15, 0.2) is 0 Å². The maximum Gasteiger partial charge on any atom is 0.136 e. The van der Waals surface area contributed by atoms with Crippen molar-refractivity contribution in [2.75, 3.05) is 4.90 Å². The van der Waals surface area contributed by atoms with Gasteiger partial charge in [0.05, 0.1) is 16.7 Å². The molecule has 1 aliphatic rings. The van der Waals surface area contributed by atoms with E-state index in [2.05, 4.69) is 198 Å². The van der Waals surface area contributed by atoms with Crippen molar-refractivity contribution in [3.63, 3.8) is 0 Å². The van der Waals surface area contributed by atoms with Crippen LogP contribution in [0.2, 0.25) is 0 Å². The molecule has 0 saturated heterocycles. The minimum atomic E-state index is 0.579. The minimum Gasteiger partial charge on any atom is -0.456 e. The summed E-state index contributed by atoms with van der Waals surface area (Å²) in [5.74, 6) is 0.579. The molecule has 2 aromatic heterocycles. The van der Waals surface area contributed by atoms with E-state index in [4.69, 9.17) is 4.42 Å². The lowest BCUT2D eigenvalue weighted by Crippen LogP contribution is -2.12. The second-order valence-corrected chi connectivity index (χ2v) is 16.7. The largest absolute Gasteiger partial charge is 0.456 e. The van der Waals surface area contributed by atoms with Gasteiger partial charge < -0.3 is 13.9 Å². The lowest BCUT2D eigenvalue weighted by molar-refractivity contribution is 0.445. The Bertz CT molecular complexity index is 3400. The molecule has 0 unspecified atom stereocenters. The highest BCUT2D eigenvalue weighted by molar-refractivity contribution is 6.11. The van der Waals surface area contributed by atoms with Gasteiger partial charge in [0, 0.05) is 44.2 Å². The molecule has 0 atom stereocenters. The molecule has 12 rings (SSSR count). The Balaban J connectivity index is 1.06. The Morgan fingerprint density at radius 2 is 1.10 bits per heavy atom. The maximum atomic E-state index is 6.31. The normalized spacial score (nSPS) is 13.5. The van der Waals surface area contributed by atoms with Crippen LogP contribution in [-0.4, -0.2) is 4.57 Å². The second kappa shape index (κ2) is 14.7. The van der Waals surface area contributed by atoms with Gasteiger partial charge in [-0.25, -0.2) is 0 Å². The van der Waals surface area contributed by atoms with E-state index in [1.807, 2.05) is 12.1 Å². The summed E-state index contributed by atoms with van der Waals surface area (Å²) in [6, 6.07) is 73.3. The van der Waals surface area contributed by atoms with Gasteiger partial charge in [-0.15, -0.1) is 0 Å².